The van der Waals surface area contributed by atoms with Crippen LogP contribution in [0.5, 0.6) is 0 Å². The van der Waals surface area contributed by atoms with Crippen LogP contribution in [-0.4, -0.2) is 17.3 Å². The number of fused-ring (bicyclic) bond motifs is 1. The Kier molecular flexibility index (Phi) is 4.97. The van der Waals surface area contributed by atoms with Gasteiger partial charge in [-0.15, -0.1) is 0 Å². The molecule has 0 atom stereocenters. The van der Waals surface area contributed by atoms with Gasteiger partial charge in [-0.25, -0.2) is 8.78 Å². The molecule has 0 unspecified atom stereocenters. The highest BCUT2D eigenvalue weighted by atomic mass is 19.1. The van der Waals surface area contributed by atoms with Crippen molar-refractivity contribution in [3.05, 3.63) is 105 Å². The number of carbonyl (C=O) groups is 3. The molecule has 0 bridgehead atoms. The van der Waals surface area contributed by atoms with Crippen molar-refractivity contribution in [2.45, 2.75) is 20.8 Å². The normalized spacial score (nSPS) is 12.9. The molecule has 0 radical (unpaired) electrons. The van der Waals surface area contributed by atoms with E-state index in [1.54, 1.807) is 6.92 Å². The quantitative estimate of drug-likeness (QED) is 0.503. The van der Waals surface area contributed by atoms with E-state index in [-0.39, 0.29) is 34.0 Å². The second-order valence-electron chi connectivity index (χ2n) is 7.55. The van der Waals surface area contributed by atoms with E-state index in [2.05, 4.69) is 0 Å². The van der Waals surface area contributed by atoms with Crippen molar-refractivity contribution in [2.75, 3.05) is 0 Å². The molecule has 0 N–H and O–H groups in total. The third-order valence-corrected chi connectivity index (χ3v) is 5.56. The minimum atomic E-state index is -0.449. The average molecular weight is 416 g/mol. The van der Waals surface area contributed by atoms with Gasteiger partial charge >= 0.3 is 0 Å². The number of ketones is 3. The first-order chi connectivity index (χ1) is 14.7. The van der Waals surface area contributed by atoms with Crippen LogP contribution in [0.15, 0.2) is 54.6 Å². The summed E-state index contributed by atoms with van der Waals surface area (Å²) in [5, 5.41) is 0. The number of carbonyl (C=O) groups excluding carboxylic acids is 3. The van der Waals surface area contributed by atoms with Crippen LogP contribution in [0, 0.1) is 18.6 Å². The zero-order valence-corrected chi connectivity index (χ0v) is 17.2. The lowest BCUT2D eigenvalue weighted by atomic mass is 9.86. The summed E-state index contributed by atoms with van der Waals surface area (Å²) in [5.41, 5.74) is 3.50. The Morgan fingerprint density at radius 2 is 1.23 bits per heavy atom. The van der Waals surface area contributed by atoms with Gasteiger partial charge in [-0.3, -0.25) is 14.4 Å². The van der Waals surface area contributed by atoms with E-state index in [1.807, 2.05) is 0 Å². The van der Waals surface area contributed by atoms with E-state index in [0.29, 0.717) is 33.4 Å². The van der Waals surface area contributed by atoms with Crippen LogP contribution >= 0.6 is 0 Å². The first-order valence-corrected chi connectivity index (χ1v) is 9.71. The van der Waals surface area contributed by atoms with Crippen LogP contribution in [0.25, 0.3) is 11.1 Å². The maximum atomic E-state index is 13.6. The molecule has 0 heterocycles. The van der Waals surface area contributed by atoms with Gasteiger partial charge in [0.05, 0.1) is 0 Å². The maximum absolute atomic E-state index is 13.6. The molecule has 3 aromatic rings. The van der Waals surface area contributed by atoms with Gasteiger partial charge in [0.15, 0.2) is 17.3 Å². The molecule has 0 saturated heterocycles. The van der Waals surface area contributed by atoms with Crippen molar-refractivity contribution in [3.8, 4) is 0 Å². The zero-order chi connectivity index (χ0) is 22.4. The Labute approximate surface area is 178 Å². The molecule has 0 fully saturated rings. The summed E-state index contributed by atoms with van der Waals surface area (Å²) >= 11 is 0. The third kappa shape index (κ3) is 3.32. The summed E-state index contributed by atoms with van der Waals surface area (Å²) < 4.78 is 27.1. The van der Waals surface area contributed by atoms with Gasteiger partial charge in [-0.05, 0) is 67.8 Å². The van der Waals surface area contributed by atoms with Gasteiger partial charge in [0.2, 0.25) is 0 Å². The lowest BCUT2D eigenvalue weighted by molar-refractivity contribution is 0.101. The number of halogens is 2. The second-order valence-corrected chi connectivity index (χ2v) is 7.55. The van der Waals surface area contributed by atoms with Gasteiger partial charge in [0.25, 0.3) is 0 Å². The summed E-state index contributed by atoms with van der Waals surface area (Å²) in [6.45, 7) is 4.44. The van der Waals surface area contributed by atoms with Crippen molar-refractivity contribution in [3.63, 3.8) is 0 Å². The third-order valence-electron chi connectivity index (χ3n) is 5.56. The second kappa shape index (κ2) is 7.51. The molecule has 3 nitrogen and oxygen atoms in total. The lowest BCUT2D eigenvalue weighted by Gasteiger charge is -2.16. The Balaban J connectivity index is 2.15. The Morgan fingerprint density at radius 3 is 1.68 bits per heavy atom. The van der Waals surface area contributed by atoms with Crippen molar-refractivity contribution in [1.29, 1.82) is 0 Å². The first-order valence-electron chi connectivity index (χ1n) is 9.71. The summed E-state index contributed by atoms with van der Waals surface area (Å²) in [6, 6.07) is 12.6. The Bertz CT molecular complexity index is 1300. The Morgan fingerprint density at radius 1 is 0.742 bits per heavy atom. The van der Waals surface area contributed by atoms with Crippen LogP contribution in [-0.2, 0) is 0 Å². The van der Waals surface area contributed by atoms with Gasteiger partial charge in [0, 0.05) is 33.4 Å². The minimum Gasteiger partial charge on any atom is -0.295 e. The topological polar surface area (TPSA) is 51.2 Å². The first kappa shape index (κ1) is 20.5. The SMILES string of the molecule is CC(=O)c1cc2c(c(C(C)=O)c1C)C(c1ccc(F)cc1)=C(c1ccc(F)cc1)C2=O. The molecule has 0 saturated carbocycles. The van der Waals surface area contributed by atoms with Crippen LogP contribution in [0.2, 0.25) is 0 Å². The van der Waals surface area contributed by atoms with Crippen LogP contribution in [0.3, 0.4) is 0 Å². The predicted octanol–water partition coefficient (Wildman–Crippen LogP) is 5.83. The molecule has 31 heavy (non-hydrogen) atoms. The standard InChI is InChI=1S/C26H18F2O3/c1-13-20(14(2)29)12-21-25(22(13)15(3)30)23(16-4-8-18(27)9-5-16)24(26(21)31)17-6-10-19(28)11-7-17/h4-12H,1-3H3. The van der Waals surface area contributed by atoms with Crippen molar-refractivity contribution in [1.82, 2.24) is 0 Å². The number of benzene rings is 3. The lowest BCUT2D eigenvalue weighted by Crippen LogP contribution is -2.10. The van der Waals surface area contributed by atoms with Gasteiger partial charge in [-0.1, -0.05) is 24.3 Å². The van der Waals surface area contributed by atoms with Crippen molar-refractivity contribution in [2.24, 2.45) is 0 Å². The molecular formula is C26H18F2O3. The largest absolute Gasteiger partial charge is 0.295 e. The molecule has 0 spiro atoms. The fourth-order valence-corrected chi connectivity index (χ4v) is 4.20. The number of hydrogen-bond donors (Lipinski definition) is 0. The highest BCUT2D eigenvalue weighted by molar-refractivity contribution is 6.42. The zero-order valence-electron chi connectivity index (χ0n) is 17.2. The molecule has 0 aliphatic heterocycles. The molecule has 3 aromatic carbocycles. The highest BCUT2D eigenvalue weighted by Crippen LogP contribution is 2.45. The van der Waals surface area contributed by atoms with E-state index in [0.717, 1.165) is 0 Å². The predicted molar refractivity (Wildman–Crippen MR) is 114 cm³/mol. The summed E-state index contributed by atoms with van der Waals surface area (Å²) in [7, 11) is 0. The minimum absolute atomic E-state index is 0.236. The van der Waals surface area contributed by atoms with Crippen LogP contribution < -0.4 is 0 Å². The number of hydrogen-bond acceptors (Lipinski definition) is 3. The molecule has 5 heteroatoms. The molecule has 0 amide bonds. The van der Waals surface area contributed by atoms with Crippen molar-refractivity contribution >= 4 is 28.5 Å². The number of allylic oxidation sites excluding steroid dienone is 1. The Hall–Kier alpha value is -3.73. The summed E-state index contributed by atoms with van der Waals surface area (Å²) in [5.74, 6) is -1.80. The number of Topliss-reactive ketones (excluding diaryl/α,β-unsaturated/α-hetero) is 3. The van der Waals surface area contributed by atoms with Crippen molar-refractivity contribution < 1.29 is 23.2 Å². The van der Waals surface area contributed by atoms with E-state index >= 15 is 0 Å². The van der Waals surface area contributed by atoms with Gasteiger partial charge in [-0.2, -0.15) is 0 Å². The van der Waals surface area contributed by atoms with Crippen LogP contribution in [0.1, 0.15) is 67.2 Å². The molecule has 1 aliphatic rings. The van der Waals surface area contributed by atoms with Crippen LogP contribution in [0.4, 0.5) is 8.78 Å². The van der Waals surface area contributed by atoms with E-state index in [1.165, 1.54) is 68.4 Å². The van der Waals surface area contributed by atoms with E-state index in [9.17, 15) is 23.2 Å². The fraction of sp³-hybridized carbons (Fsp3) is 0.115. The number of rotatable bonds is 4. The van der Waals surface area contributed by atoms with E-state index < -0.39 is 11.6 Å². The molecule has 1 aliphatic carbocycles. The highest BCUT2D eigenvalue weighted by Gasteiger charge is 2.36. The summed E-state index contributed by atoms with van der Waals surface area (Å²) in [4.78, 5) is 38.4. The summed E-state index contributed by atoms with van der Waals surface area (Å²) in [6.07, 6.45) is 0. The smallest absolute Gasteiger partial charge is 0.194 e. The molecule has 0 aromatic heterocycles. The maximum Gasteiger partial charge on any atom is 0.194 e. The average Bonchev–Trinajstić information content (AvgIpc) is 3.00. The molecular weight excluding hydrogens is 398 g/mol. The fourth-order valence-electron chi connectivity index (χ4n) is 4.20. The molecule has 4 rings (SSSR count). The molecule has 154 valence electrons. The van der Waals surface area contributed by atoms with Gasteiger partial charge < -0.3 is 0 Å². The monoisotopic (exact) mass is 416 g/mol. The van der Waals surface area contributed by atoms with E-state index in [4.69, 9.17) is 0 Å². The van der Waals surface area contributed by atoms with Gasteiger partial charge in [0.1, 0.15) is 11.6 Å².